The second-order valence-corrected chi connectivity index (χ2v) is 6.18. The summed E-state index contributed by atoms with van der Waals surface area (Å²) in [5.74, 6) is 1.15. The van der Waals surface area contributed by atoms with E-state index in [-0.39, 0.29) is 5.91 Å². The number of benzene rings is 1. The van der Waals surface area contributed by atoms with Crippen molar-refractivity contribution >= 4 is 28.9 Å². The number of carbonyl (C=O) groups excluding carboxylic acids is 1. The standard InChI is InChI=1S/C20H19N5O/c1-3-25-17-11-14(13-6-4-7-15(21)10-13)12-23-19(17)24(2)20(26)16-8-5-9-22-18(16)25/h4-12H,3,21H2,1-2H3. The predicted molar refractivity (Wildman–Crippen MR) is 104 cm³/mol. The Bertz CT molecular complexity index is 1000. The van der Waals surface area contributed by atoms with E-state index in [4.69, 9.17) is 5.73 Å². The molecule has 1 aromatic carbocycles. The molecule has 2 N–H and O–H groups in total. The summed E-state index contributed by atoms with van der Waals surface area (Å²) in [5, 5.41) is 0. The number of carbonyl (C=O) groups is 1. The summed E-state index contributed by atoms with van der Waals surface area (Å²) in [6.45, 7) is 2.70. The highest BCUT2D eigenvalue weighted by atomic mass is 16.2. The molecule has 130 valence electrons. The maximum atomic E-state index is 12.9. The minimum absolute atomic E-state index is 0.116. The van der Waals surface area contributed by atoms with Crippen molar-refractivity contribution in [1.82, 2.24) is 9.97 Å². The lowest BCUT2D eigenvalue weighted by Crippen LogP contribution is -2.26. The lowest BCUT2D eigenvalue weighted by atomic mass is 10.1. The molecule has 1 aliphatic rings. The lowest BCUT2D eigenvalue weighted by molar-refractivity contribution is 0.0993. The molecule has 0 radical (unpaired) electrons. The molecule has 0 bridgehead atoms. The molecule has 0 fully saturated rings. The van der Waals surface area contributed by atoms with Crippen molar-refractivity contribution in [2.75, 3.05) is 29.1 Å². The summed E-state index contributed by atoms with van der Waals surface area (Å²) in [6.07, 6.45) is 3.48. The average Bonchev–Trinajstić information content (AvgIpc) is 2.75. The highest BCUT2D eigenvalue weighted by molar-refractivity contribution is 6.12. The van der Waals surface area contributed by atoms with Crippen LogP contribution in [0.3, 0.4) is 0 Å². The smallest absolute Gasteiger partial charge is 0.262 e. The second-order valence-electron chi connectivity index (χ2n) is 6.18. The number of hydrogen-bond acceptors (Lipinski definition) is 5. The van der Waals surface area contributed by atoms with Crippen LogP contribution in [0.5, 0.6) is 0 Å². The third-order valence-electron chi connectivity index (χ3n) is 4.57. The van der Waals surface area contributed by atoms with E-state index in [0.29, 0.717) is 29.4 Å². The molecule has 0 aliphatic carbocycles. The van der Waals surface area contributed by atoms with Crippen molar-refractivity contribution in [3.63, 3.8) is 0 Å². The molecular weight excluding hydrogens is 326 g/mol. The first-order valence-corrected chi connectivity index (χ1v) is 8.46. The van der Waals surface area contributed by atoms with Gasteiger partial charge in [0, 0.05) is 37.2 Å². The largest absolute Gasteiger partial charge is 0.399 e. The third-order valence-corrected chi connectivity index (χ3v) is 4.57. The number of anilines is 4. The van der Waals surface area contributed by atoms with E-state index in [2.05, 4.69) is 9.97 Å². The summed E-state index contributed by atoms with van der Waals surface area (Å²) in [4.78, 5) is 25.5. The maximum absolute atomic E-state index is 12.9. The van der Waals surface area contributed by atoms with Gasteiger partial charge < -0.3 is 10.6 Å². The van der Waals surface area contributed by atoms with Crippen LogP contribution in [0.2, 0.25) is 0 Å². The number of nitrogens with two attached hydrogens (primary N) is 1. The molecule has 6 nitrogen and oxygen atoms in total. The van der Waals surface area contributed by atoms with Gasteiger partial charge in [0.1, 0.15) is 5.82 Å². The Morgan fingerprint density at radius 1 is 1.04 bits per heavy atom. The average molecular weight is 345 g/mol. The number of pyridine rings is 2. The van der Waals surface area contributed by atoms with Gasteiger partial charge in [-0.1, -0.05) is 12.1 Å². The van der Waals surface area contributed by atoms with Crippen molar-refractivity contribution in [3.8, 4) is 11.1 Å². The number of nitrogen functional groups attached to an aromatic ring is 1. The van der Waals surface area contributed by atoms with Crippen LogP contribution in [-0.4, -0.2) is 29.5 Å². The van der Waals surface area contributed by atoms with Crippen LogP contribution in [0, 0.1) is 0 Å². The van der Waals surface area contributed by atoms with E-state index in [1.807, 2.05) is 42.2 Å². The predicted octanol–water partition coefficient (Wildman–Crippen LogP) is 3.47. The van der Waals surface area contributed by atoms with Gasteiger partial charge in [-0.15, -0.1) is 0 Å². The van der Waals surface area contributed by atoms with Crippen LogP contribution in [0.4, 0.5) is 23.0 Å². The monoisotopic (exact) mass is 345 g/mol. The first kappa shape index (κ1) is 16.1. The SMILES string of the molecule is CCN1c2cc(-c3cccc(N)c3)cnc2N(C)C(=O)c2cccnc21. The molecule has 0 unspecified atom stereocenters. The number of aromatic nitrogens is 2. The maximum Gasteiger partial charge on any atom is 0.262 e. The Morgan fingerprint density at radius 3 is 2.65 bits per heavy atom. The Morgan fingerprint density at radius 2 is 1.88 bits per heavy atom. The Hall–Kier alpha value is -3.41. The van der Waals surface area contributed by atoms with Crippen LogP contribution in [0.15, 0.2) is 54.9 Å². The van der Waals surface area contributed by atoms with Crippen LogP contribution in [0.25, 0.3) is 11.1 Å². The number of nitrogens with zero attached hydrogens (tertiary/aromatic N) is 4. The molecule has 4 rings (SSSR count). The Balaban J connectivity index is 1.94. The highest BCUT2D eigenvalue weighted by Gasteiger charge is 2.30. The lowest BCUT2D eigenvalue weighted by Gasteiger charge is -2.24. The van der Waals surface area contributed by atoms with E-state index < -0.39 is 0 Å². The minimum atomic E-state index is -0.116. The van der Waals surface area contributed by atoms with Crippen LogP contribution in [0.1, 0.15) is 17.3 Å². The molecule has 0 spiro atoms. The molecule has 0 atom stereocenters. The van der Waals surface area contributed by atoms with Crippen molar-refractivity contribution in [2.24, 2.45) is 0 Å². The fourth-order valence-electron chi connectivity index (χ4n) is 3.27. The van der Waals surface area contributed by atoms with Crippen molar-refractivity contribution in [1.29, 1.82) is 0 Å². The molecule has 0 saturated carbocycles. The second kappa shape index (κ2) is 6.15. The number of amides is 1. The van der Waals surface area contributed by atoms with Gasteiger partial charge in [-0.25, -0.2) is 9.97 Å². The van der Waals surface area contributed by atoms with Gasteiger partial charge in [0.25, 0.3) is 5.91 Å². The highest BCUT2D eigenvalue weighted by Crippen LogP contribution is 2.39. The third kappa shape index (κ3) is 2.47. The van der Waals surface area contributed by atoms with Gasteiger partial charge in [-0.05, 0) is 42.8 Å². The molecule has 6 heteroatoms. The summed E-state index contributed by atoms with van der Waals surface area (Å²) in [7, 11) is 1.74. The Kier molecular flexibility index (Phi) is 3.80. The van der Waals surface area contributed by atoms with Gasteiger partial charge in [0.05, 0.1) is 11.3 Å². The molecule has 26 heavy (non-hydrogen) atoms. The summed E-state index contributed by atoms with van der Waals surface area (Å²) < 4.78 is 0. The summed E-state index contributed by atoms with van der Waals surface area (Å²) in [5.41, 5.74) is 9.96. The number of hydrogen-bond donors (Lipinski definition) is 1. The topological polar surface area (TPSA) is 75.3 Å². The molecule has 1 amide bonds. The molecule has 1 aliphatic heterocycles. The van der Waals surface area contributed by atoms with Gasteiger partial charge >= 0.3 is 0 Å². The van der Waals surface area contributed by atoms with Gasteiger partial charge in [0.2, 0.25) is 0 Å². The van der Waals surface area contributed by atoms with E-state index >= 15 is 0 Å². The fourth-order valence-corrected chi connectivity index (χ4v) is 3.27. The van der Waals surface area contributed by atoms with Gasteiger partial charge in [-0.2, -0.15) is 0 Å². The van der Waals surface area contributed by atoms with E-state index in [0.717, 1.165) is 16.8 Å². The van der Waals surface area contributed by atoms with Crippen LogP contribution >= 0.6 is 0 Å². The van der Waals surface area contributed by atoms with Gasteiger partial charge in [0.15, 0.2) is 5.82 Å². The zero-order valence-electron chi connectivity index (χ0n) is 14.7. The van der Waals surface area contributed by atoms with E-state index in [1.165, 1.54) is 0 Å². The van der Waals surface area contributed by atoms with Crippen LogP contribution < -0.4 is 15.5 Å². The molecule has 0 saturated heterocycles. The van der Waals surface area contributed by atoms with Gasteiger partial charge in [-0.3, -0.25) is 9.69 Å². The summed E-state index contributed by atoms with van der Waals surface area (Å²) >= 11 is 0. The first-order chi connectivity index (χ1) is 12.6. The molecular formula is C20H19N5O. The van der Waals surface area contributed by atoms with Crippen molar-refractivity contribution in [3.05, 3.63) is 60.4 Å². The molecule has 3 heterocycles. The quantitative estimate of drug-likeness (QED) is 0.720. The van der Waals surface area contributed by atoms with Crippen LogP contribution in [-0.2, 0) is 0 Å². The normalized spacial score (nSPS) is 13.2. The molecule has 2 aromatic heterocycles. The number of fused-ring (bicyclic) bond motifs is 2. The minimum Gasteiger partial charge on any atom is -0.399 e. The van der Waals surface area contributed by atoms with E-state index in [1.54, 1.807) is 36.5 Å². The zero-order valence-corrected chi connectivity index (χ0v) is 14.7. The Labute approximate surface area is 151 Å². The summed E-state index contributed by atoms with van der Waals surface area (Å²) in [6, 6.07) is 13.3. The fraction of sp³-hybridized carbons (Fsp3) is 0.150. The van der Waals surface area contributed by atoms with E-state index in [9.17, 15) is 4.79 Å². The molecule has 3 aromatic rings. The van der Waals surface area contributed by atoms with Crippen molar-refractivity contribution in [2.45, 2.75) is 6.92 Å². The number of rotatable bonds is 2. The first-order valence-electron chi connectivity index (χ1n) is 8.46. The van der Waals surface area contributed by atoms with Crippen molar-refractivity contribution < 1.29 is 4.79 Å². The zero-order chi connectivity index (χ0) is 18.3.